The fourth-order valence-electron chi connectivity index (χ4n) is 5.58. The summed E-state index contributed by atoms with van der Waals surface area (Å²) in [5.41, 5.74) is 16.6. The van der Waals surface area contributed by atoms with E-state index < -0.39 is 0 Å². The Labute approximate surface area is 241 Å². The van der Waals surface area contributed by atoms with Crippen LogP contribution in [0.2, 0.25) is 0 Å². The van der Waals surface area contributed by atoms with Crippen molar-refractivity contribution in [2.24, 2.45) is 0 Å². The quantitative estimate of drug-likeness (QED) is 0.197. The van der Waals surface area contributed by atoms with Crippen LogP contribution in [0.1, 0.15) is 5.56 Å². The first-order chi connectivity index (χ1) is 20.3. The number of para-hydroxylation sites is 1. The maximum Gasteiger partial charge on any atom is 0.0468 e. The molecular weight excluding hydrogens is 494 g/mol. The molecular formula is C40H27N. The molecule has 0 spiro atoms. The largest absolute Gasteiger partial charge is 0.310 e. The molecule has 41 heavy (non-hydrogen) atoms. The van der Waals surface area contributed by atoms with Gasteiger partial charge in [0.2, 0.25) is 0 Å². The highest BCUT2D eigenvalue weighted by Gasteiger charge is 2.17. The van der Waals surface area contributed by atoms with E-state index in [0.717, 1.165) is 28.2 Å². The van der Waals surface area contributed by atoms with Crippen LogP contribution in [-0.4, -0.2) is 0 Å². The minimum absolute atomic E-state index is 1.09. The van der Waals surface area contributed by atoms with Gasteiger partial charge in [-0.2, -0.15) is 0 Å². The Hall–Kier alpha value is -5.58. The van der Waals surface area contributed by atoms with Gasteiger partial charge in [0.05, 0.1) is 0 Å². The van der Waals surface area contributed by atoms with Gasteiger partial charge in [0.15, 0.2) is 0 Å². The Morgan fingerprint density at radius 2 is 1.10 bits per heavy atom. The zero-order chi connectivity index (χ0) is 27.4. The lowest BCUT2D eigenvalue weighted by atomic mass is 9.90. The first-order valence-corrected chi connectivity index (χ1v) is 13.9. The monoisotopic (exact) mass is 521 g/mol. The van der Waals surface area contributed by atoms with E-state index in [9.17, 15) is 0 Å². The molecule has 1 aliphatic rings. The average molecular weight is 522 g/mol. The molecule has 7 rings (SSSR count). The van der Waals surface area contributed by atoms with Gasteiger partial charge in [0.1, 0.15) is 0 Å². The van der Waals surface area contributed by atoms with Crippen LogP contribution in [0, 0.1) is 0 Å². The fraction of sp³-hybridized carbons (Fsp3) is 0. The zero-order valence-electron chi connectivity index (χ0n) is 22.5. The highest BCUT2D eigenvalue weighted by Crippen LogP contribution is 2.41. The Kier molecular flexibility index (Phi) is 6.50. The van der Waals surface area contributed by atoms with Crippen LogP contribution in [0.4, 0.5) is 17.1 Å². The Morgan fingerprint density at radius 1 is 0.439 bits per heavy atom. The van der Waals surface area contributed by atoms with Gasteiger partial charge in [-0.1, -0.05) is 121 Å². The van der Waals surface area contributed by atoms with Crippen LogP contribution >= 0.6 is 0 Å². The van der Waals surface area contributed by atoms with E-state index >= 15 is 0 Å². The number of anilines is 3. The molecule has 0 atom stereocenters. The van der Waals surface area contributed by atoms with Crippen molar-refractivity contribution in [3.05, 3.63) is 181 Å². The molecule has 0 aromatic heterocycles. The van der Waals surface area contributed by atoms with Crippen molar-refractivity contribution in [1.82, 2.24) is 0 Å². The molecule has 0 saturated heterocycles. The SMILES string of the molecule is C1=C=CC(c2cc(N(c3ccccc3)c3ccc(-c4ccccc4)cc3)ccc2-c2cccc3ccccc23)=CC=1. The topological polar surface area (TPSA) is 3.24 Å². The van der Waals surface area contributed by atoms with Gasteiger partial charge in [-0.3, -0.25) is 0 Å². The van der Waals surface area contributed by atoms with Crippen molar-refractivity contribution in [1.29, 1.82) is 0 Å². The van der Waals surface area contributed by atoms with Gasteiger partial charge < -0.3 is 4.90 Å². The van der Waals surface area contributed by atoms with Gasteiger partial charge in [-0.25, -0.2) is 0 Å². The van der Waals surface area contributed by atoms with Crippen molar-refractivity contribution < 1.29 is 0 Å². The summed E-state index contributed by atoms with van der Waals surface area (Å²) in [6.07, 6.45) is 6.08. The van der Waals surface area contributed by atoms with Crippen molar-refractivity contribution in [3.63, 3.8) is 0 Å². The van der Waals surface area contributed by atoms with E-state index in [1.54, 1.807) is 0 Å². The van der Waals surface area contributed by atoms with Gasteiger partial charge in [0.25, 0.3) is 0 Å². The molecule has 0 N–H and O–H groups in total. The number of rotatable bonds is 6. The Balaban J connectivity index is 1.40. The molecule has 1 aliphatic carbocycles. The van der Waals surface area contributed by atoms with Crippen LogP contribution in [0.3, 0.4) is 0 Å². The number of nitrogens with zero attached hydrogens (tertiary/aromatic N) is 1. The van der Waals surface area contributed by atoms with Gasteiger partial charge in [-0.15, -0.1) is 0 Å². The molecule has 1 nitrogen and oxygen atoms in total. The van der Waals surface area contributed by atoms with E-state index in [1.165, 1.54) is 33.0 Å². The van der Waals surface area contributed by atoms with E-state index in [2.05, 4.69) is 168 Å². The lowest BCUT2D eigenvalue weighted by Crippen LogP contribution is -2.10. The number of benzene rings is 6. The lowest BCUT2D eigenvalue weighted by Gasteiger charge is -2.27. The lowest BCUT2D eigenvalue weighted by molar-refractivity contribution is 1.28. The van der Waals surface area contributed by atoms with Crippen LogP contribution in [0.5, 0.6) is 0 Å². The van der Waals surface area contributed by atoms with E-state index in [0.29, 0.717) is 0 Å². The molecule has 6 aromatic rings. The third kappa shape index (κ3) is 4.84. The van der Waals surface area contributed by atoms with Crippen molar-refractivity contribution in [2.45, 2.75) is 0 Å². The minimum Gasteiger partial charge on any atom is -0.310 e. The second kappa shape index (κ2) is 10.9. The molecule has 0 heterocycles. The number of hydrogen-bond donors (Lipinski definition) is 0. The van der Waals surface area contributed by atoms with Gasteiger partial charge >= 0.3 is 0 Å². The molecule has 0 amide bonds. The zero-order valence-corrected chi connectivity index (χ0v) is 22.5. The molecule has 0 fully saturated rings. The predicted molar refractivity (Wildman–Crippen MR) is 174 cm³/mol. The number of hydrogen-bond acceptors (Lipinski definition) is 1. The second-order valence-corrected chi connectivity index (χ2v) is 10.1. The molecule has 192 valence electrons. The summed E-state index contributed by atoms with van der Waals surface area (Å²) < 4.78 is 0. The third-order valence-electron chi connectivity index (χ3n) is 7.56. The summed E-state index contributed by atoms with van der Waals surface area (Å²) in [6, 6.07) is 51.8. The summed E-state index contributed by atoms with van der Waals surface area (Å²) in [5, 5.41) is 2.48. The Morgan fingerprint density at radius 3 is 1.88 bits per heavy atom. The molecule has 1 heteroatoms. The molecule has 0 bridgehead atoms. The van der Waals surface area contributed by atoms with Crippen LogP contribution < -0.4 is 4.90 Å². The molecule has 0 unspecified atom stereocenters. The second-order valence-electron chi connectivity index (χ2n) is 10.1. The first kappa shape index (κ1) is 24.5. The molecule has 6 aromatic carbocycles. The number of allylic oxidation sites excluding steroid dienone is 4. The molecule has 0 radical (unpaired) electrons. The molecule has 0 aliphatic heterocycles. The predicted octanol–water partition coefficient (Wildman–Crippen LogP) is 10.9. The highest BCUT2D eigenvalue weighted by molar-refractivity contribution is 6.01. The van der Waals surface area contributed by atoms with Gasteiger partial charge in [0, 0.05) is 17.1 Å². The third-order valence-corrected chi connectivity index (χ3v) is 7.56. The minimum atomic E-state index is 1.09. The standard InChI is InChI=1S/C40H27N/c1-4-13-30(14-5-1)31-23-25-35(26-24-31)41(34-19-8-3-9-20-34)36-27-28-39(40(29-36)33-15-6-2-7-16-33)38-22-12-18-32-17-10-11-21-37(32)38/h1,3-6,8-29H. The molecule has 0 saturated carbocycles. The Bertz CT molecular complexity index is 1980. The van der Waals surface area contributed by atoms with E-state index in [1.807, 2.05) is 12.2 Å². The number of fused-ring (bicyclic) bond motifs is 1. The fourth-order valence-corrected chi connectivity index (χ4v) is 5.58. The van der Waals surface area contributed by atoms with Crippen molar-refractivity contribution in [3.8, 4) is 22.3 Å². The van der Waals surface area contributed by atoms with E-state index in [-0.39, 0.29) is 0 Å². The summed E-state index contributed by atoms with van der Waals surface area (Å²) in [5.74, 6) is 0. The van der Waals surface area contributed by atoms with Crippen LogP contribution in [0.15, 0.2) is 175 Å². The van der Waals surface area contributed by atoms with Crippen molar-refractivity contribution in [2.75, 3.05) is 4.90 Å². The summed E-state index contributed by atoms with van der Waals surface area (Å²) in [6.45, 7) is 0. The van der Waals surface area contributed by atoms with Crippen LogP contribution in [-0.2, 0) is 0 Å². The van der Waals surface area contributed by atoms with E-state index in [4.69, 9.17) is 0 Å². The maximum absolute atomic E-state index is 3.17. The first-order valence-electron chi connectivity index (χ1n) is 13.9. The normalized spacial score (nSPS) is 12.0. The maximum atomic E-state index is 3.17. The van der Waals surface area contributed by atoms with Crippen molar-refractivity contribution >= 4 is 33.4 Å². The van der Waals surface area contributed by atoms with Crippen LogP contribution in [0.25, 0.3) is 38.6 Å². The highest BCUT2D eigenvalue weighted by atomic mass is 15.1. The average Bonchev–Trinajstić information content (AvgIpc) is 3.06. The summed E-state index contributed by atoms with van der Waals surface area (Å²) >= 11 is 0. The summed E-state index contributed by atoms with van der Waals surface area (Å²) in [4.78, 5) is 2.32. The smallest absolute Gasteiger partial charge is 0.0468 e. The summed E-state index contributed by atoms with van der Waals surface area (Å²) in [7, 11) is 0. The van der Waals surface area contributed by atoms with Gasteiger partial charge in [-0.05, 0) is 98.8 Å².